The van der Waals surface area contributed by atoms with Crippen LogP contribution in [0.5, 0.6) is 0 Å². The van der Waals surface area contributed by atoms with Gasteiger partial charge in [-0.25, -0.2) is 0 Å². The highest BCUT2D eigenvalue weighted by atomic mass is 16.5. The van der Waals surface area contributed by atoms with Gasteiger partial charge in [-0.1, -0.05) is 37.1 Å². The minimum Gasteiger partial charge on any atom is -0.393 e. The molecule has 1 heterocycles. The molecule has 0 aromatic rings. The number of allylic oxidation sites excluding steroid dienone is 3. The lowest BCUT2D eigenvalue weighted by Gasteiger charge is -2.46. The van der Waals surface area contributed by atoms with Gasteiger partial charge >= 0.3 is 0 Å². The quantitative estimate of drug-likeness (QED) is 0.618. The van der Waals surface area contributed by atoms with Gasteiger partial charge < -0.3 is 14.9 Å². The van der Waals surface area contributed by atoms with Gasteiger partial charge in [0.1, 0.15) is 0 Å². The third kappa shape index (κ3) is 5.19. The first kappa shape index (κ1) is 24.4. The van der Waals surface area contributed by atoms with Crippen LogP contribution >= 0.6 is 0 Å². The zero-order valence-corrected chi connectivity index (χ0v) is 21.0. The van der Waals surface area contributed by atoms with Crippen molar-refractivity contribution < 1.29 is 14.9 Å². The van der Waals surface area contributed by atoms with Gasteiger partial charge in [-0.2, -0.15) is 0 Å². The number of aliphatic hydroxyl groups is 2. The second-order valence-electron chi connectivity index (χ2n) is 12.2. The first-order chi connectivity index (χ1) is 15.2. The van der Waals surface area contributed by atoms with E-state index in [1.54, 1.807) is 5.57 Å². The highest BCUT2D eigenvalue weighted by Crippen LogP contribution is 2.59. The van der Waals surface area contributed by atoms with E-state index in [1.165, 1.54) is 50.6 Å². The number of fused-ring (bicyclic) bond motifs is 1. The summed E-state index contributed by atoms with van der Waals surface area (Å²) in [5.41, 5.74) is 3.43. The van der Waals surface area contributed by atoms with Crippen molar-refractivity contribution in [1.29, 1.82) is 0 Å². The predicted octanol–water partition coefficient (Wildman–Crippen LogP) is 5.10. The molecule has 4 aliphatic rings. The van der Waals surface area contributed by atoms with E-state index in [-0.39, 0.29) is 17.7 Å². The number of morpholine rings is 1. The van der Waals surface area contributed by atoms with Crippen molar-refractivity contribution in [2.24, 2.45) is 23.2 Å². The molecule has 182 valence electrons. The molecule has 4 nitrogen and oxygen atoms in total. The van der Waals surface area contributed by atoms with Crippen molar-refractivity contribution in [2.45, 2.75) is 103 Å². The highest BCUT2D eigenvalue weighted by Gasteiger charge is 2.50. The molecule has 0 bridgehead atoms. The Balaban J connectivity index is 1.40. The van der Waals surface area contributed by atoms with Crippen LogP contribution in [0.2, 0.25) is 0 Å². The summed E-state index contributed by atoms with van der Waals surface area (Å²) in [4.78, 5) is 2.65. The molecule has 4 heteroatoms. The van der Waals surface area contributed by atoms with Gasteiger partial charge in [0, 0.05) is 12.1 Å². The van der Waals surface area contributed by atoms with E-state index >= 15 is 0 Å². The van der Waals surface area contributed by atoms with Crippen molar-refractivity contribution in [3.8, 4) is 0 Å². The van der Waals surface area contributed by atoms with Crippen LogP contribution in [0, 0.1) is 23.2 Å². The average Bonchev–Trinajstić information content (AvgIpc) is 3.08. The van der Waals surface area contributed by atoms with Gasteiger partial charge in [-0.05, 0) is 101 Å². The van der Waals surface area contributed by atoms with Crippen molar-refractivity contribution in [1.82, 2.24) is 4.90 Å². The highest BCUT2D eigenvalue weighted by molar-refractivity contribution is 5.26. The van der Waals surface area contributed by atoms with Gasteiger partial charge in [0.25, 0.3) is 0 Å². The SMILES string of the molecule is CC(CCN1CCOCC1(C)C)[C@H]1CC[C@H]2C(=CC=C3C[C@@H](O)C[C@H](O)C3)CCC[C@]12C. The molecule has 4 fully saturated rings. The zero-order valence-electron chi connectivity index (χ0n) is 21.0. The first-order valence-electron chi connectivity index (χ1n) is 13.3. The van der Waals surface area contributed by atoms with Crippen molar-refractivity contribution in [3.63, 3.8) is 0 Å². The summed E-state index contributed by atoms with van der Waals surface area (Å²) in [6.45, 7) is 13.7. The third-order valence-corrected chi connectivity index (χ3v) is 9.47. The number of hydrogen-bond donors (Lipinski definition) is 2. The minimum absolute atomic E-state index is 0.161. The summed E-state index contributed by atoms with van der Waals surface area (Å²) >= 11 is 0. The van der Waals surface area contributed by atoms with E-state index in [4.69, 9.17) is 4.74 Å². The van der Waals surface area contributed by atoms with E-state index < -0.39 is 0 Å². The fourth-order valence-electron chi connectivity index (χ4n) is 7.61. The average molecular weight is 446 g/mol. The summed E-state index contributed by atoms with van der Waals surface area (Å²) in [6, 6.07) is 0. The van der Waals surface area contributed by atoms with Crippen molar-refractivity contribution >= 4 is 0 Å². The number of rotatable bonds is 5. The molecule has 6 atom stereocenters. The Morgan fingerprint density at radius 1 is 1.12 bits per heavy atom. The maximum Gasteiger partial charge on any atom is 0.0645 e. The molecular formula is C28H47NO3. The molecule has 1 unspecified atom stereocenters. The number of nitrogens with zero attached hydrogens (tertiary/aromatic N) is 1. The maximum absolute atomic E-state index is 10.0. The van der Waals surface area contributed by atoms with E-state index in [0.29, 0.717) is 17.8 Å². The summed E-state index contributed by atoms with van der Waals surface area (Å²) in [7, 11) is 0. The lowest BCUT2D eigenvalue weighted by atomic mass is 9.61. The fourth-order valence-corrected chi connectivity index (χ4v) is 7.61. The van der Waals surface area contributed by atoms with Gasteiger partial charge in [0.05, 0.1) is 25.4 Å². The molecule has 3 aliphatic carbocycles. The Bertz CT molecular complexity index is 701. The summed E-state index contributed by atoms with van der Waals surface area (Å²) in [6.07, 6.45) is 13.7. The van der Waals surface area contributed by atoms with Crippen LogP contribution in [0.15, 0.2) is 23.3 Å². The van der Waals surface area contributed by atoms with E-state index in [2.05, 4.69) is 44.7 Å². The van der Waals surface area contributed by atoms with E-state index in [1.807, 2.05) is 0 Å². The Morgan fingerprint density at radius 3 is 2.59 bits per heavy atom. The molecule has 2 N–H and O–H groups in total. The summed E-state index contributed by atoms with van der Waals surface area (Å²) < 4.78 is 5.72. The third-order valence-electron chi connectivity index (χ3n) is 9.47. The Hall–Kier alpha value is -0.680. The number of hydrogen-bond acceptors (Lipinski definition) is 4. The van der Waals surface area contributed by atoms with E-state index in [0.717, 1.165) is 44.4 Å². The van der Waals surface area contributed by atoms with Crippen LogP contribution in [0.25, 0.3) is 0 Å². The van der Waals surface area contributed by atoms with Gasteiger partial charge in [-0.3, -0.25) is 4.90 Å². The summed E-state index contributed by atoms with van der Waals surface area (Å²) in [5.74, 6) is 2.27. The van der Waals surface area contributed by atoms with Gasteiger partial charge in [0.15, 0.2) is 0 Å². The largest absolute Gasteiger partial charge is 0.393 e. The molecule has 0 aromatic carbocycles. The molecule has 1 saturated heterocycles. The monoisotopic (exact) mass is 445 g/mol. The number of aliphatic hydroxyl groups excluding tert-OH is 2. The zero-order chi connectivity index (χ0) is 22.9. The topological polar surface area (TPSA) is 52.9 Å². The lowest BCUT2D eigenvalue weighted by Crippen LogP contribution is -2.53. The van der Waals surface area contributed by atoms with Gasteiger partial charge in [-0.15, -0.1) is 0 Å². The molecular weight excluding hydrogens is 398 g/mol. The molecule has 0 amide bonds. The second-order valence-corrected chi connectivity index (χ2v) is 12.2. The second kappa shape index (κ2) is 9.90. The normalized spacial score (nSPS) is 40.3. The minimum atomic E-state index is -0.381. The molecule has 3 saturated carbocycles. The van der Waals surface area contributed by atoms with Crippen LogP contribution in [-0.4, -0.2) is 59.2 Å². The molecule has 32 heavy (non-hydrogen) atoms. The van der Waals surface area contributed by atoms with Crippen LogP contribution in [0.1, 0.15) is 85.5 Å². The lowest BCUT2D eigenvalue weighted by molar-refractivity contribution is -0.0545. The first-order valence-corrected chi connectivity index (χ1v) is 13.3. The Labute approximate surface area is 196 Å². The molecule has 1 aliphatic heterocycles. The standard InChI is InChI=1S/C28H47NO3/c1-20(11-13-29-14-15-32-19-27(29,2)3)25-9-10-26-22(6-5-12-28(25,26)4)8-7-21-16-23(30)18-24(31)17-21/h7-8,20,23-26,30-31H,5-6,9-19H2,1-4H3/t20?,23-,24-,25-,26+,28-/m1/s1. The smallest absolute Gasteiger partial charge is 0.0645 e. The molecule has 0 spiro atoms. The maximum atomic E-state index is 10.0. The van der Waals surface area contributed by atoms with Gasteiger partial charge in [0.2, 0.25) is 0 Å². The van der Waals surface area contributed by atoms with Crippen LogP contribution < -0.4 is 0 Å². The van der Waals surface area contributed by atoms with Crippen LogP contribution in [-0.2, 0) is 4.74 Å². The molecule has 0 aromatic heterocycles. The van der Waals surface area contributed by atoms with Crippen molar-refractivity contribution in [3.05, 3.63) is 23.3 Å². The Kier molecular flexibility index (Phi) is 7.56. The Morgan fingerprint density at radius 2 is 1.88 bits per heavy atom. The van der Waals surface area contributed by atoms with Crippen LogP contribution in [0.4, 0.5) is 0 Å². The fraction of sp³-hybridized carbons (Fsp3) is 0.857. The van der Waals surface area contributed by atoms with Crippen molar-refractivity contribution in [2.75, 3.05) is 26.3 Å². The number of ether oxygens (including phenoxy) is 1. The molecule has 0 radical (unpaired) electrons. The predicted molar refractivity (Wildman–Crippen MR) is 130 cm³/mol. The van der Waals surface area contributed by atoms with Crippen LogP contribution in [0.3, 0.4) is 0 Å². The molecule has 4 rings (SSSR count). The van der Waals surface area contributed by atoms with E-state index in [9.17, 15) is 10.2 Å². The summed E-state index contributed by atoms with van der Waals surface area (Å²) in [5, 5.41) is 20.0.